The third-order valence-corrected chi connectivity index (χ3v) is 5.65. The topological polar surface area (TPSA) is 46.6 Å². The number of nitrogens with zero attached hydrogens (tertiary/aromatic N) is 1. The van der Waals surface area contributed by atoms with Crippen molar-refractivity contribution < 1.29 is 14.3 Å². The molecule has 2 amide bonds. The van der Waals surface area contributed by atoms with Crippen LogP contribution in [0.5, 0.6) is 5.75 Å². The molecular formula is C25H21NO3S. The molecule has 5 heteroatoms. The predicted molar refractivity (Wildman–Crippen MR) is 120 cm³/mol. The zero-order chi connectivity index (χ0) is 20.9. The molecule has 4 rings (SSSR count). The van der Waals surface area contributed by atoms with E-state index in [1.807, 2.05) is 66.7 Å². The van der Waals surface area contributed by atoms with Crippen molar-refractivity contribution in [2.75, 3.05) is 0 Å². The zero-order valence-corrected chi connectivity index (χ0v) is 17.4. The Labute approximate surface area is 180 Å². The van der Waals surface area contributed by atoms with Gasteiger partial charge in [-0.2, -0.15) is 0 Å². The van der Waals surface area contributed by atoms with E-state index in [-0.39, 0.29) is 17.7 Å². The molecule has 3 aromatic carbocycles. The number of hydrogen-bond acceptors (Lipinski definition) is 4. The second-order valence-corrected chi connectivity index (χ2v) is 8.09. The first kappa shape index (κ1) is 20.0. The third kappa shape index (κ3) is 4.81. The van der Waals surface area contributed by atoms with Gasteiger partial charge in [0.15, 0.2) is 0 Å². The van der Waals surface area contributed by atoms with Crippen LogP contribution in [0.1, 0.15) is 22.3 Å². The molecule has 1 heterocycles. The molecule has 0 spiro atoms. The highest BCUT2D eigenvalue weighted by Gasteiger charge is 2.34. The number of aryl methyl sites for hydroxylation is 1. The lowest BCUT2D eigenvalue weighted by molar-refractivity contribution is -0.123. The predicted octanol–water partition coefficient (Wildman–Crippen LogP) is 5.81. The SMILES string of the molecule is Cc1ccc(COc2cccc(/C=C3\SC(=O)N(Cc4ccccc4)C3=O)c2)cc1. The monoisotopic (exact) mass is 415 g/mol. The number of thioether (sulfide) groups is 1. The molecule has 30 heavy (non-hydrogen) atoms. The van der Waals surface area contributed by atoms with E-state index in [0.717, 1.165) is 28.5 Å². The fourth-order valence-corrected chi connectivity index (χ4v) is 3.94. The van der Waals surface area contributed by atoms with Gasteiger partial charge in [0.05, 0.1) is 11.4 Å². The van der Waals surface area contributed by atoms with Gasteiger partial charge in [-0.05, 0) is 53.6 Å². The lowest BCUT2D eigenvalue weighted by Crippen LogP contribution is -2.27. The van der Waals surface area contributed by atoms with Crippen LogP contribution in [0, 0.1) is 6.92 Å². The summed E-state index contributed by atoms with van der Waals surface area (Å²) in [6.45, 7) is 2.80. The Hall–Kier alpha value is -3.31. The number of carbonyl (C=O) groups is 2. The number of amides is 2. The number of benzene rings is 3. The van der Waals surface area contributed by atoms with E-state index in [0.29, 0.717) is 17.3 Å². The summed E-state index contributed by atoms with van der Waals surface area (Å²) in [7, 11) is 0. The first-order valence-electron chi connectivity index (χ1n) is 9.66. The fourth-order valence-electron chi connectivity index (χ4n) is 3.10. The van der Waals surface area contributed by atoms with Crippen molar-refractivity contribution in [1.82, 2.24) is 4.90 Å². The maximum absolute atomic E-state index is 12.7. The van der Waals surface area contributed by atoms with Gasteiger partial charge in [-0.3, -0.25) is 14.5 Å². The summed E-state index contributed by atoms with van der Waals surface area (Å²) in [5.74, 6) is 0.452. The van der Waals surface area contributed by atoms with Crippen molar-refractivity contribution in [3.05, 3.63) is 106 Å². The molecular weight excluding hydrogens is 394 g/mol. The van der Waals surface area contributed by atoms with Crippen molar-refractivity contribution in [1.29, 1.82) is 0 Å². The number of carbonyl (C=O) groups excluding carboxylic acids is 2. The molecule has 0 radical (unpaired) electrons. The van der Waals surface area contributed by atoms with Gasteiger partial charge in [0.25, 0.3) is 11.1 Å². The largest absolute Gasteiger partial charge is 0.489 e. The summed E-state index contributed by atoms with van der Waals surface area (Å²) in [4.78, 5) is 26.8. The minimum atomic E-state index is -0.264. The Balaban J connectivity index is 1.45. The van der Waals surface area contributed by atoms with E-state index >= 15 is 0 Å². The average Bonchev–Trinajstić information content (AvgIpc) is 3.02. The molecule has 0 saturated carbocycles. The number of hydrogen-bond donors (Lipinski definition) is 0. The van der Waals surface area contributed by atoms with Crippen LogP contribution in [-0.2, 0) is 17.9 Å². The van der Waals surface area contributed by atoms with Crippen molar-refractivity contribution in [3.8, 4) is 5.75 Å². The van der Waals surface area contributed by atoms with Crippen LogP contribution >= 0.6 is 11.8 Å². The molecule has 0 atom stereocenters. The summed E-state index contributed by atoms with van der Waals surface area (Å²) >= 11 is 0.971. The van der Waals surface area contributed by atoms with E-state index in [1.165, 1.54) is 10.5 Å². The lowest BCUT2D eigenvalue weighted by atomic mass is 10.1. The van der Waals surface area contributed by atoms with Gasteiger partial charge in [0.2, 0.25) is 0 Å². The van der Waals surface area contributed by atoms with Crippen molar-refractivity contribution in [2.45, 2.75) is 20.1 Å². The average molecular weight is 416 g/mol. The van der Waals surface area contributed by atoms with Gasteiger partial charge >= 0.3 is 0 Å². The standard InChI is InChI=1S/C25H21NO3S/c1-18-10-12-20(13-11-18)17-29-22-9-5-8-21(14-22)15-23-24(27)26(25(28)30-23)16-19-6-3-2-4-7-19/h2-15H,16-17H2,1H3/b23-15-. The maximum atomic E-state index is 12.7. The first-order valence-corrected chi connectivity index (χ1v) is 10.5. The quantitative estimate of drug-likeness (QED) is 0.477. The normalized spacial score (nSPS) is 15.1. The van der Waals surface area contributed by atoms with Crippen LogP contribution in [0.25, 0.3) is 6.08 Å². The highest BCUT2D eigenvalue weighted by molar-refractivity contribution is 8.18. The van der Waals surface area contributed by atoms with Gasteiger partial charge in [-0.25, -0.2) is 0 Å². The summed E-state index contributed by atoms with van der Waals surface area (Å²) in [5, 5.41) is -0.248. The van der Waals surface area contributed by atoms with Gasteiger partial charge < -0.3 is 4.74 Å². The van der Waals surface area contributed by atoms with E-state index in [9.17, 15) is 9.59 Å². The first-order chi connectivity index (χ1) is 14.6. The Morgan fingerprint density at radius 2 is 1.67 bits per heavy atom. The Kier molecular flexibility index (Phi) is 6.00. The van der Waals surface area contributed by atoms with Gasteiger partial charge in [0, 0.05) is 0 Å². The Morgan fingerprint density at radius 3 is 2.43 bits per heavy atom. The molecule has 0 unspecified atom stereocenters. The van der Waals surface area contributed by atoms with Crippen LogP contribution < -0.4 is 4.74 Å². The summed E-state index contributed by atoms with van der Waals surface area (Å²) in [5.41, 5.74) is 4.05. The number of imide groups is 1. The van der Waals surface area contributed by atoms with E-state index in [2.05, 4.69) is 19.1 Å². The van der Waals surface area contributed by atoms with Crippen LogP contribution in [0.15, 0.2) is 83.8 Å². The van der Waals surface area contributed by atoms with Crippen LogP contribution in [-0.4, -0.2) is 16.0 Å². The summed E-state index contributed by atoms with van der Waals surface area (Å²) in [6.07, 6.45) is 1.74. The molecule has 1 aliphatic rings. The number of rotatable bonds is 6. The molecule has 1 aliphatic heterocycles. The van der Waals surface area contributed by atoms with Crippen LogP contribution in [0.4, 0.5) is 4.79 Å². The molecule has 1 fully saturated rings. The molecule has 0 aromatic heterocycles. The molecule has 1 saturated heterocycles. The highest BCUT2D eigenvalue weighted by atomic mass is 32.2. The Bertz CT molecular complexity index is 1090. The summed E-state index contributed by atoms with van der Waals surface area (Å²) < 4.78 is 5.89. The maximum Gasteiger partial charge on any atom is 0.293 e. The minimum absolute atomic E-state index is 0.248. The molecule has 4 nitrogen and oxygen atoms in total. The minimum Gasteiger partial charge on any atom is -0.489 e. The number of ether oxygens (including phenoxy) is 1. The molecule has 0 bridgehead atoms. The second-order valence-electron chi connectivity index (χ2n) is 7.10. The van der Waals surface area contributed by atoms with Crippen LogP contribution in [0.2, 0.25) is 0 Å². The molecule has 150 valence electrons. The van der Waals surface area contributed by atoms with Crippen molar-refractivity contribution in [2.24, 2.45) is 0 Å². The van der Waals surface area contributed by atoms with Crippen molar-refractivity contribution >= 4 is 29.0 Å². The molecule has 0 aliphatic carbocycles. The molecule has 0 N–H and O–H groups in total. The van der Waals surface area contributed by atoms with E-state index in [4.69, 9.17) is 4.74 Å². The van der Waals surface area contributed by atoms with Crippen molar-refractivity contribution in [3.63, 3.8) is 0 Å². The van der Waals surface area contributed by atoms with Crippen LogP contribution in [0.3, 0.4) is 0 Å². The van der Waals surface area contributed by atoms with Gasteiger partial charge in [0.1, 0.15) is 12.4 Å². The van der Waals surface area contributed by atoms with Gasteiger partial charge in [-0.1, -0.05) is 72.3 Å². The highest BCUT2D eigenvalue weighted by Crippen LogP contribution is 2.33. The molecule has 3 aromatic rings. The Morgan fingerprint density at radius 1 is 0.900 bits per heavy atom. The second kappa shape index (κ2) is 9.01. The van der Waals surface area contributed by atoms with Gasteiger partial charge in [-0.15, -0.1) is 0 Å². The smallest absolute Gasteiger partial charge is 0.293 e. The third-order valence-electron chi connectivity index (χ3n) is 4.74. The fraction of sp³-hybridized carbons (Fsp3) is 0.120. The zero-order valence-electron chi connectivity index (χ0n) is 16.6. The van der Waals surface area contributed by atoms with E-state index in [1.54, 1.807) is 6.08 Å². The lowest BCUT2D eigenvalue weighted by Gasteiger charge is -2.12. The van der Waals surface area contributed by atoms with E-state index < -0.39 is 0 Å². The summed E-state index contributed by atoms with van der Waals surface area (Å²) in [6, 6.07) is 25.2.